The minimum atomic E-state index is -0.123. The van der Waals surface area contributed by atoms with E-state index in [2.05, 4.69) is 10.3 Å². The second-order valence-electron chi connectivity index (χ2n) is 4.18. The molecule has 0 saturated heterocycles. The molecule has 0 spiro atoms. The molecular weight excluding hydrogens is 242 g/mol. The highest BCUT2D eigenvalue weighted by Crippen LogP contribution is 2.17. The fraction of sp³-hybridized carbons (Fsp3) is 0.286. The molecule has 0 saturated carbocycles. The summed E-state index contributed by atoms with van der Waals surface area (Å²) < 4.78 is 6.78. The molecular formula is C14H17N3O2. The van der Waals surface area contributed by atoms with Crippen molar-refractivity contribution in [2.75, 3.05) is 19.0 Å². The zero-order valence-corrected chi connectivity index (χ0v) is 11.1. The van der Waals surface area contributed by atoms with Crippen molar-refractivity contribution in [1.82, 2.24) is 9.55 Å². The average molecular weight is 259 g/mol. The van der Waals surface area contributed by atoms with E-state index in [4.69, 9.17) is 4.74 Å². The molecule has 5 nitrogen and oxygen atoms in total. The lowest BCUT2D eigenvalue weighted by Gasteiger charge is -2.09. The summed E-state index contributed by atoms with van der Waals surface area (Å²) in [4.78, 5) is 15.8. The summed E-state index contributed by atoms with van der Waals surface area (Å²) >= 11 is 0. The van der Waals surface area contributed by atoms with Crippen molar-refractivity contribution in [3.8, 4) is 5.75 Å². The Labute approximate surface area is 111 Å². The maximum absolute atomic E-state index is 11.7. The van der Waals surface area contributed by atoms with Crippen LogP contribution >= 0.6 is 0 Å². The molecule has 19 heavy (non-hydrogen) atoms. The normalized spacial score (nSPS) is 10.2. The van der Waals surface area contributed by atoms with Crippen molar-refractivity contribution >= 4 is 5.82 Å². The summed E-state index contributed by atoms with van der Waals surface area (Å²) in [5.74, 6) is 1.23. The summed E-state index contributed by atoms with van der Waals surface area (Å²) in [6.45, 7) is 0.632. The highest BCUT2D eigenvalue weighted by atomic mass is 16.5. The number of rotatable bonds is 5. The first kappa shape index (κ1) is 13.1. The third-order valence-electron chi connectivity index (χ3n) is 2.90. The fourth-order valence-electron chi connectivity index (χ4n) is 1.84. The highest BCUT2D eigenvalue weighted by Gasteiger charge is 2.04. The topological polar surface area (TPSA) is 56.1 Å². The van der Waals surface area contributed by atoms with Gasteiger partial charge in [0.25, 0.3) is 5.56 Å². The number of hydrogen-bond donors (Lipinski definition) is 1. The smallest absolute Gasteiger partial charge is 0.293 e. The van der Waals surface area contributed by atoms with E-state index in [0.717, 1.165) is 17.7 Å². The van der Waals surface area contributed by atoms with Crippen LogP contribution in [0.3, 0.4) is 0 Å². The highest BCUT2D eigenvalue weighted by molar-refractivity contribution is 5.35. The van der Waals surface area contributed by atoms with E-state index in [1.807, 2.05) is 24.3 Å². The molecule has 0 radical (unpaired) electrons. The van der Waals surface area contributed by atoms with Gasteiger partial charge in [-0.05, 0) is 18.1 Å². The Balaban J connectivity index is 2.00. The number of benzene rings is 1. The number of anilines is 1. The van der Waals surface area contributed by atoms with Crippen LogP contribution in [0.1, 0.15) is 5.56 Å². The first-order valence-electron chi connectivity index (χ1n) is 6.10. The minimum Gasteiger partial charge on any atom is -0.496 e. The molecule has 1 aromatic carbocycles. The van der Waals surface area contributed by atoms with Gasteiger partial charge >= 0.3 is 0 Å². The number of aromatic nitrogens is 2. The zero-order valence-electron chi connectivity index (χ0n) is 11.1. The van der Waals surface area contributed by atoms with E-state index in [-0.39, 0.29) is 5.56 Å². The second-order valence-corrected chi connectivity index (χ2v) is 4.18. The molecule has 0 unspecified atom stereocenters. The molecule has 1 aromatic heterocycles. The largest absolute Gasteiger partial charge is 0.496 e. The first-order chi connectivity index (χ1) is 9.22. The Bertz CT molecular complexity index is 608. The lowest BCUT2D eigenvalue weighted by atomic mass is 10.1. The Morgan fingerprint density at radius 3 is 2.95 bits per heavy atom. The monoisotopic (exact) mass is 259 g/mol. The van der Waals surface area contributed by atoms with Crippen LogP contribution in [0, 0.1) is 0 Å². The maximum atomic E-state index is 11.7. The van der Waals surface area contributed by atoms with Gasteiger partial charge in [0.2, 0.25) is 0 Å². The van der Waals surface area contributed by atoms with Gasteiger partial charge in [-0.1, -0.05) is 18.2 Å². The van der Waals surface area contributed by atoms with Crippen molar-refractivity contribution in [1.29, 1.82) is 0 Å². The average Bonchev–Trinajstić information content (AvgIpc) is 2.44. The molecule has 100 valence electrons. The molecule has 5 heteroatoms. The maximum Gasteiger partial charge on any atom is 0.293 e. The molecule has 0 fully saturated rings. The van der Waals surface area contributed by atoms with E-state index in [9.17, 15) is 4.79 Å². The van der Waals surface area contributed by atoms with Gasteiger partial charge in [0.1, 0.15) is 5.75 Å². The van der Waals surface area contributed by atoms with Gasteiger partial charge in [0.05, 0.1) is 7.11 Å². The molecule has 0 aliphatic rings. The van der Waals surface area contributed by atoms with Crippen molar-refractivity contribution in [3.05, 3.63) is 52.6 Å². The van der Waals surface area contributed by atoms with Crippen LogP contribution in [-0.2, 0) is 13.5 Å². The Morgan fingerprint density at radius 1 is 1.37 bits per heavy atom. The van der Waals surface area contributed by atoms with Crippen molar-refractivity contribution in [3.63, 3.8) is 0 Å². The Morgan fingerprint density at radius 2 is 2.16 bits per heavy atom. The molecule has 2 rings (SSSR count). The van der Waals surface area contributed by atoms with Gasteiger partial charge in [-0.25, -0.2) is 4.98 Å². The lowest BCUT2D eigenvalue weighted by molar-refractivity contribution is 0.410. The summed E-state index contributed by atoms with van der Waals surface area (Å²) in [5.41, 5.74) is 0.979. The van der Waals surface area contributed by atoms with Crippen LogP contribution < -0.4 is 15.6 Å². The predicted molar refractivity (Wildman–Crippen MR) is 74.7 cm³/mol. The van der Waals surface area contributed by atoms with Crippen LogP contribution in [-0.4, -0.2) is 23.2 Å². The third-order valence-corrected chi connectivity index (χ3v) is 2.90. The number of aryl methyl sites for hydroxylation is 1. The van der Waals surface area contributed by atoms with Crippen LogP contribution in [0.15, 0.2) is 41.5 Å². The van der Waals surface area contributed by atoms with Gasteiger partial charge in [-0.2, -0.15) is 0 Å². The zero-order chi connectivity index (χ0) is 13.7. The number of hydrogen-bond acceptors (Lipinski definition) is 4. The number of nitrogens with zero attached hydrogens (tertiary/aromatic N) is 2. The van der Waals surface area contributed by atoms with Crippen molar-refractivity contribution in [2.24, 2.45) is 7.05 Å². The minimum absolute atomic E-state index is 0.123. The Kier molecular flexibility index (Phi) is 4.18. The molecule has 2 aromatic rings. The molecule has 1 N–H and O–H groups in total. The number of ether oxygens (including phenoxy) is 1. The number of methoxy groups -OCH3 is 1. The molecule has 0 aliphatic heterocycles. The van der Waals surface area contributed by atoms with Gasteiger partial charge < -0.3 is 14.6 Å². The second kappa shape index (κ2) is 6.04. The van der Waals surface area contributed by atoms with Gasteiger partial charge in [0, 0.05) is 26.0 Å². The molecule has 0 amide bonds. The van der Waals surface area contributed by atoms with Gasteiger partial charge in [-0.15, -0.1) is 0 Å². The summed E-state index contributed by atoms with van der Waals surface area (Å²) in [5, 5.41) is 3.05. The predicted octanol–water partition coefficient (Wildman–Crippen LogP) is 1.44. The van der Waals surface area contributed by atoms with E-state index >= 15 is 0 Å². The fourth-order valence-corrected chi connectivity index (χ4v) is 1.84. The van der Waals surface area contributed by atoms with E-state index in [0.29, 0.717) is 12.4 Å². The third kappa shape index (κ3) is 3.13. The molecule has 0 atom stereocenters. The molecule has 0 aliphatic carbocycles. The molecule has 0 bridgehead atoms. The van der Waals surface area contributed by atoms with Crippen molar-refractivity contribution in [2.45, 2.75) is 6.42 Å². The molecule has 1 heterocycles. The number of nitrogens with one attached hydrogen (secondary N) is 1. The summed E-state index contributed by atoms with van der Waals surface area (Å²) in [6, 6.07) is 7.84. The van der Waals surface area contributed by atoms with Crippen molar-refractivity contribution < 1.29 is 4.74 Å². The quantitative estimate of drug-likeness (QED) is 0.883. The van der Waals surface area contributed by atoms with E-state index < -0.39 is 0 Å². The van der Waals surface area contributed by atoms with Crippen LogP contribution in [0.5, 0.6) is 5.75 Å². The number of para-hydroxylation sites is 1. The van der Waals surface area contributed by atoms with E-state index in [1.54, 1.807) is 26.6 Å². The lowest BCUT2D eigenvalue weighted by Crippen LogP contribution is -2.22. The van der Waals surface area contributed by atoms with Crippen LogP contribution in [0.4, 0.5) is 5.82 Å². The van der Waals surface area contributed by atoms with Gasteiger partial charge in [-0.3, -0.25) is 4.79 Å². The van der Waals surface area contributed by atoms with Gasteiger partial charge in [0.15, 0.2) is 5.82 Å². The standard InChI is InChI=1S/C14H17N3O2/c1-17-10-9-16-13(14(17)18)15-8-7-11-5-3-4-6-12(11)19-2/h3-6,9-10H,7-8H2,1-2H3,(H,15,16). The summed E-state index contributed by atoms with van der Waals surface area (Å²) in [7, 11) is 3.36. The van der Waals surface area contributed by atoms with Crippen LogP contribution in [0.2, 0.25) is 0 Å². The van der Waals surface area contributed by atoms with Crippen LogP contribution in [0.25, 0.3) is 0 Å². The van der Waals surface area contributed by atoms with E-state index in [1.165, 1.54) is 4.57 Å². The summed E-state index contributed by atoms with van der Waals surface area (Å²) in [6.07, 6.45) is 4.00. The SMILES string of the molecule is COc1ccccc1CCNc1nccn(C)c1=O. The first-order valence-corrected chi connectivity index (χ1v) is 6.10. The Hall–Kier alpha value is -2.30.